The highest BCUT2D eigenvalue weighted by atomic mass is 16.5. The number of carbonyl (C=O) groups is 1. The molecule has 11 nitrogen and oxygen atoms in total. The number of hydrogen-bond acceptors (Lipinski definition) is 8. The minimum Gasteiger partial charge on any atom is -0.445 e. The molecule has 5 rings (SSSR count). The molecule has 0 aliphatic carbocycles. The van der Waals surface area contributed by atoms with Crippen LogP contribution in [0.1, 0.15) is 32.2 Å². The summed E-state index contributed by atoms with van der Waals surface area (Å²) in [5.41, 5.74) is 10.2. The summed E-state index contributed by atoms with van der Waals surface area (Å²) in [6, 6.07) is 16.9. The smallest absolute Gasteiger partial charge is 0.230 e. The quantitative estimate of drug-likeness (QED) is 0.210. The highest BCUT2D eigenvalue weighted by Crippen LogP contribution is 2.33. The van der Waals surface area contributed by atoms with Gasteiger partial charge in [0.2, 0.25) is 12.6 Å². The van der Waals surface area contributed by atoms with E-state index in [0.717, 1.165) is 22.8 Å². The van der Waals surface area contributed by atoms with Crippen LogP contribution in [0, 0.1) is 0 Å². The van der Waals surface area contributed by atoms with Crippen molar-refractivity contribution >= 4 is 28.4 Å². The van der Waals surface area contributed by atoms with Gasteiger partial charge in [-0.05, 0) is 48.5 Å². The van der Waals surface area contributed by atoms with E-state index in [1.54, 1.807) is 4.68 Å². The molecule has 0 aliphatic heterocycles. The van der Waals surface area contributed by atoms with Crippen LogP contribution in [0.5, 0.6) is 5.75 Å². The molecule has 212 valence electrons. The Hall–Kier alpha value is -4.77. The largest absolute Gasteiger partial charge is 0.445 e. The van der Waals surface area contributed by atoms with Gasteiger partial charge in [0.15, 0.2) is 5.65 Å². The van der Waals surface area contributed by atoms with Crippen LogP contribution in [0.4, 0.5) is 11.5 Å². The fraction of sp³-hybridized carbons (Fsp3) is 0.300. The van der Waals surface area contributed by atoms with Gasteiger partial charge in [0.05, 0.1) is 44.3 Å². The van der Waals surface area contributed by atoms with E-state index in [1.807, 2.05) is 75.4 Å². The number of nitrogens with one attached hydrogen (secondary N) is 1. The molecule has 0 atom stereocenters. The first kappa shape index (κ1) is 27.8. The number of anilines is 2. The zero-order valence-electron chi connectivity index (χ0n) is 24.2. The number of carbonyl (C=O) groups excluding carboxylic acids is 1. The Morgan fingerprint density at radius 2 is 1.76 bits per heavy atom. The van der Waals surface area contributed by atoms with E-state index in [2.05, 4.69) is 41.6 Å². The Kier molecular flexibility index (Phi) is 7.22. The first-order chi connectivity index (χ1) is 19.4. The maximum Gasteiger partial charge on any atom is 0.230 e. The van der Waals surface area contributed by atoms with Crippen LogP contribution in [0.25, 0.3) is 28.0 Å². The van der Waals surface area contributed by atoms with E-state index in [1.165, 1.54) is 6.33 Å². The van der Waals surface area contributed by atoms with Crippen LogP contribution >= 0.6 is 0 Å². The lowest BCUT2D eigenvalue weighted by molar-refractivity contribution is -0.886. The summed E-state index contributed by atoms with van der Waals surface area (Å²) in [5.74, 6) is 1.66. The predicted molar refractivity (Wildman–Crippen MR) is 158 cm³/mol. The summed E-state index contributed by atoms with van der Waals surface area (Å²) in [5, 5.41) is 12.5. The standard InChI is InChI=1S/C30H34N8O3/c1-30(2,3)24-15-21(36-41-24)16-25(39)34-20-9-11-22(12-10-20)37-29-26(28(31)32-17-33-29)27(35-37)19-7-13-23(14-8-19)40-18-38(4,5)6/h7-15,17H,16,18H2,1-6H3,(H2-,31,32,33,34,35,39)/p+1. The molecule has 0 spiro atoms. The van der Waals surface area contributed by atoms with Crippen molar-refractivity contribution in [2.45, 2.75) is 32.6 Å². The normalized spacial score (nSPS) is 12.0. The van der Waals surface area contributed by atoms with Crippen LogP contribution in [0.15, 0.2) is 65.4 Å². The van der Waals surface area contributed by atoms with E-state index in [-0.39, 0.29) is 17.7 Å². The van der Waals surface area contributed by atoms with Crippen molar-refractivity contribution in [3.8, 4) is 22.7 Å². The van der Waals surface area contributed by atoms with Crippen LogP contribution in [-0.4, -0.2) is 63.2 Å². The van der Waals surface area contributed by atoms with Gasteiger partial charge in [0.25, 0.3) is 0 Å². The molecule has 3 heterocycles. The van der Waals surface area contributed by atoms with Crippen molar-refractivity contribution in [3.63, 3.8) is 0 Å². The topological polar surface area (TPSA) is 134 Å². The van der Waals surface area contributed by atoms with Gasteiger partial charge in [-0.3, -0.25) is 9.28 Å². The maximum absolute atomic E-state index is 12.6. The van der Waals surface area contributed by atoms with E-state index in [4.69, 9.17) is 20.1 Å². The molecule has 5 aromatic rings. The summed E-state index contributed by atoms with van der Waals surface area (Å²) in [4.78, 5) is 21.3. The fourth-order valence-corrected chi connectivity index (χ4v) is 4.14. The second kappa shape index (κ2) is 10.7. The number of ether oxygens (including phenoxy) is 1. The Labute approximate surface area is 238 Å². The van der Waals surface area contributed by atoms with E-state index in [0.29, 0.717) is 45.1 Å². The molecule has 0 unspecified atom stereocenters. The zero-order chi connectivity index (χ0) is 29.4. The minimum absolute atomic E-state index is 0.115. The fourth-order valence-electron chi connectivity index (χ4n) is 4.14. The number of benzene rings is 2. The molecule has 0 radical (unpaired) electrons. The molecular weight excluding hydrogens is 520 g/mol. The molecule has 3 aromatic heterocycles. The summed E-state index contributed by atoms with van der Waals surface area (Å²) in [6.07, 6.45) is 1.54. The molecule has 41 heavy (non-hydrogen) atoms. The Bertz CT molecular complexity index is 1670. The third-order valence-electron chi connectivity index (χ3n) is 6.28. The molecule has 1 amide bonds. The van der Waals surface area contributed by atoms with E-state index in [9.17, 15) is 4.79 Å². The predicted octanol–water partition coefficient (Wildman–Crippen LogP) is 4.57. The number of aromatic nitrogens is 5. The molecular formula is C30H35N8O3+. The Balaban J connectivity index is 1.36. The van der Waals surface area contributed by atoms with Crippen LogP contribution < -0.4 is 15.8 Å². The highest BCUT2D eigenvalue weighted by Gasteiger charge is 2.21. The van der Waals surface area contributed by atoms with Gasteiger partial charge in [-0.15, -0.1) is 0 Å². The summed E-state index contributed by atoms with van der Waals surface area (Å²) < 4.78 is 13.7. The lowest BCUT2D eigenvalue weighted by Gasteiger charge is -2.23. The van der Waals surface area contributed by atoms with E-state index < -0.39 is 0 Å². The summed E-state index contributed by atoms with van der Waals surface area (Å²) >= 11 is 0. The van der Waals surface area contributed by atoms with Crippen molar-refractivity contribution in [3.05, 3.63) is 72.4 Å². The molecule has 2 aromatic carbocycles. The lowest BCUT2D eigenvalue weighted by atomic mass is 9.93. The second-order valence-electron chi connectivity index (χ2n) is 12.0. The molecule has 0 fully saturated rings. The number of fused-ring (bicyclic) bond motifs is 1. The van der Waals surface area contributed by atoms with Crippen LogP contribution in [0.2, 0.25) is 0 Å². The second-order valence-corrected chi connectivity index (χ2v) is 12.0. The van der Waals surface area contributed by atoms with Gasteiger partial charge in [-0.1, -0.05) is 25.9 Å². The van der Waals surface area contributed by atoms with Gasteiger partial charge < -0.3 is 20.3 Å². The first-order valence-electron chi connectivity index (χ1n) is 13.3. The Morgan fingerprint density at radius 3 is 2.39 bits per heavy atom. The number of hydrogen-bond donors (Lipinski definition) is 2. The zero-order valence-corrected chi connectivity index (χ0v) is 24.2. The third-order valence-corrected chi connectivity index (χ3v) is 6.28. The number of rotatable bonds is 8. The number of nitrogen functional groups attached to an aromatic ring is 1. The van der Waals surface area contributed by atoms with E-state index >= 15 is 0 Å². The summed E-state index contributed by atoms with van der Waals surface area (Å²) in [6.45, 7) is 6.64. The average molecular weight is 556 g/mol. The van der Waals surface area contributed by atoms with Gasteiger partial charge in [-0.25, -0.2) is 14.6 Å². The van der Waals surface area contributed by atoms with Gasteiger partial charge in [-0.2, -0.15) is 5.10 Å². The number of quaternary nitrogens is 1. The monoisotopic (exact) mass is 555 g/mol. The molecule has 0 aliphatic rings. The van der Waals surface area contributed by atoms with Crippen molar-refractivity contribution in [1.82, 2.24) is 24.9 Å². The molecule has 11 heteroatoms. The number of amides is 1. The highest BCUT2D eigenvalue weighted by molar-refractivity contribution is 5.99. The molecule has 0 saturated heterocycles. The Morgan fingerprint density at radius 1 is 1.05 bits per heavy atom. The van der Waals surface area contributed by atoms with Crippen LogP contribution in [-0.2, 0) is 16.6 Å². The average Bonchev–Trinajstić information content (AvgIpc) is 3.54. The van der Waals surface area contributed by atoms with Crippen molar-refractivity contribution in [1.29, 1.82) is 0 Å². The lowest BCUT2D eigenvalue weighted by Crippen LogP contribution is -2.38. The molecule has 0 bridgehead atoms. The summed E-state index contributed by atoms with van der Waals surface area (Å²) in [7, 11) is 6.20. The third kappa shape index (κ3) is 6.36. The van der Waals surface area contributed by atoms with Crippen molar-refractivity contribution in [2.75, 3.05) is 38.9 Å². The maximum atomic E-state index is 12.6. The van der Waals surface area contributed by atoms with Gasteiger partial charge >= 0.3 is 0 Å². The first-order valence-corrected chi connectivity index (χ1v) is 13.3. The minimum atomic E-state index is -0.187. The van der Waals surface area contributed by atoms with Gasteiger partial charge in [0, 0.05) is 22.7 Å². The van der Waals surface area contributed by atoms with Crippen molar-refractivity contribution < 1.29 is 18.5 Å². The molecule has 0 saturated carbocycles. The van der Waals surface area contributed by atoms with Crippen molar-refractivity contribution in [2.24, 2.45) is 0 Å². The number of nitrogens with two attached hydrogens (primary N) is 1. The van der Waals surface area contributed by atoms with Gasteiger partial charge in [0.1, 0.15) is 29.3 Å². The van der Waals surface area contributed by atoms with Crippen LogP contribution in [0.3, 0.4) is 0 Å². The SMILES string of the molecule is CC(C)(C)c1cc(CC(=O)Nc2ccc(-n3nc(-c4ccc(OC[N+](C)(C)C)cc4)c4c(N)ncnc43)cc2)no1. The molecule has 3 N–H and O–H groups in total. The number of nitrogens with zero attached hydrogens (tertiary/aromatic N) is 6.